The maximum absolute atomic E-state index is 11.7. The molecule has 0 fully saturated rings. The predicted molar refractivity (Wildman–Crippen MR) is 95.2 cm³/mol. The van der Waals surface area contributed by atoms with E-state index in [-0.39, 0.29) is 10.9 Å². The highest BCUT2D eigenvalue weighted by molar-refractivity contribution is 7.89. The zero-order valence-electron chi connectivity index (χ0n) is 14.2. The maximum Gasteiger partial charge on any atom is 0.240 e. The highest BCUT2D eigenvalue weighted by Gasteiger charge is 2.14. The Bertz CT molecular complexity index is 773. The molecule has 0 heterocycles. The summed E-state index contributed by atoms with van der Waals surface area (Å²) in [7, 11) is -2.03. The normalized spacial score (nSPS) is 14.3. The molecule has 0 bridgehead atoms. The first kappa shape index (κ1) is 18.6. The highest BCUT2D eigenvalue weighted by atomic mass is 32.2. The van der Waals surface area contributed by atoms with Crippen molar-refractivity contribution in [2.24, 2.45) is 0 Å². The molecule has 24 heavy (non-hydrogen) atoms. The molecule has 0 aliphatic carbocycles. The van der Waals surface area contributed by atoms with Crippen LogP contribution in [0.5, 0.6) is 0 Å². The lowest BCUT2D eigenvalue weighted by Gasteiger charge is -2.19. The van der Waals surface area contributed by atoms with Crippen molar-refractivity contribution in [1.82, 2.24) is 10.0 Å². The zero-order valence-corrected chi connectivity index (χ0v) is 15.0. The van der Waals surface area contributed by atoms with Crippen molar-refractivity contribution >= 4 is 10.0 Å². The fourth-order valence-corrected chi connectivity index (χ4v) is 3.26. The van der Waals surface area contributed by atoms with E-state index in [0.717, 1.165) is 16.7 Å². The standard InChI is InChI=1S/C18H24N2O3S/c1-13-6-4-5-7-17(13)18(21)12-20-14(2)15-8-10-16(11-9-15)24(22,23)19-3/h4-11,14,18-21H,12H2,1-3H3. The summed E-state index contributed by atoms with van der Waals surface area (Å²) >= 11 is 0. The molecular weight excluding hydrogens is 324 g/mol. The minimum Gasteiger partial charge on any atom is -0.387 e. The number of aliphatic hydroxyl groups is 1. The van der Waals surface area contributed by atoms with Crippen LogP contribution < -0.4 is 10.0 Å². The van der Waals surface area contributed by atoms with Gasteiger partial charge in [0.05, 0.1) is 11.0 Å². The number of aliphatic hydroxyl groups excluding tert-OH is 1. The minimum absolute atomic E-state index is 0.00462. The Kier molecular flexibility index (Phi) is 6.12. The zero-order chi connectivity index (χ0) is 17.7. The van der Waals surface area contributed by atoms with Crippen molar-refractivity contribution in [2.45, 2.75) is 30.9 Å². The third-order valence-electron chi connectivity index (χ3n) is 4.12. The van der Waals surface area contributed by atoms with Crippen molar-refractivity contribution in [2.75, 3.05) is 13.6 Å². The number of aryl methyl sites for hydroxylation is 1. The largest absolute Gasteiger partial charge is 0.387 e. The molecule has 0 aliphatic heterocycles. The van der Waals surface area contributed by atoms with Gasteiger partial charge in [-0.15, -0.1) is 0 Å². The second kappa shape index (κ2) is 7.90. The van der Waals surface area contributed by atoms with Gasteiger partial charge in [-0.05, 0) is 49.7 Å². The van der Waals surface area contributed by atoms with E-state index in [1.807, 2.05) is 38.1 Å². The molecule has 0 spiro atoms. The first-order valence-corrected chi connectivity index (χ1v) is 9.34. The predicted octanol–water partition coefficient (Wildman–Crippen LogP) is 2.29. The molecule has 0 radical (unpaired) electrons. The Hall–Kier alpha value is -1.73. The second-order valence-corrected chi connectivity index (χ2v) is 7.67. The number of hydrogen-bond acceptors (Lipinski definition) is 4. The summed E-state index contributed by atoms with van der Waals surface area (Å²) < 4.78 is 25.7. The Balaban J connectivity index is 2.00. The van der Waals surface area contributed by atoms with Gasteiger partial charge in [0.2, 0.25) is 10.0 Å². The van der Waals surface area contributed by atoms with E-state index in [4.69, 9.17) is 0 Å². The Morgan fingerprint density at radius 3 is 2.29 bits per heavy atom. The monoisotopic (exact) mass is 348 g/mol. The van der Waals surface area contributed by atoms with Crippen LogP contribution in [0.2, 0.25) is 0 Å². The van der Waals surface area contributed by atoms with Crippen LogP contribution in [0.3, 0.4) is 0 Å². The SMILES string of the molecule is CNS(=O)(=O)c1ccc(C(C)NCC(O)c2ccccc2C)cc1. The maximum atomic E-state index is 11.7. The van der Waals surface area contributed by atoms with Gasteiger partial charge in [0.25, 0.3) is 0 Å². The Morgan fingerprint density at radius 2 is 1.71 bits per heavy atom. The molecule has 3 N–H and O–H groups in total. The smallest absolute Gasteiger partial charge is 0.240 e. The Labute approximate surface area is 143 Å². The molecule has 2 aromatic carbocycles. The molecular formula is C18H24N2O3S. The fourth-order valence-electron chi connectivity index (χ4n) is 2.53. The van der Waals surface area contributed by atoms with Crippen molar-refractivity contribution < 1.29 is 13.5 Å². The van der Waals surface area contributed by atoms with Crippen molar-refractivity contribution in [3.05, 3.63) is 65.2 Å². The van der Waals surface area contributed by atoms with E-state index in [0.29, 0.717) is 6.54 Å². The van der Waals surface area contributed by atoms with Gasteiger partial charge in [-0.1, -0.05) is 36.4 Å². The summed E-state index contributed by atoms with van der Waals surface area (Å²) in [4.78, 5) is 0.237. The van der Waals surface area contributed by atoms with Crippen molar-refractivity contribution in [3.63, 3.8) is 0 Å². The molecule has 2 aromatic rings. The molecule has 0 saturated carbocycles. The molecule has 130 valence electrons. The number of rotatable bonds is 7. The molecule has 5 nitrogen and oxygen atoms in total. The van der Waals surface area contributed by atoms with E-state index in [1.165, 1.54) is 7.05 Å². The molecule has 2 rings (SSSR count). The van der Waals surface area contributed by atoms with Gasteiger partial charge in [-0.3, -0.25) is 0 Å². The van der Waals surface area contributed by atoms with Crippen LogP contribution in [-0.4, -0.2) is 27.1 Å². The summed E-state index contributed by atoms with van der Waals surface area (Å²) in [6.07, 6.45) is -0.586. The van der Waals surface area contributed by atoms with Gasteiger partial charge in [-0.2, -0.15) is 0 Å². The van der Waals surface area contributed by atoms with Crippen LogP contribution in [0.1, 0.15) is 35.8 Å². The summed E-state index contributed by atoms with van der Waals surface area (Å²) in [5, 5.41) is 13.6. The number of benzene rings is 2. The van der Waals surface area contributed by atoms with E-state index in [9.17, 15) is 13.5 Å². The third kappa shape index (κ3) is 4.42. The average molecular weight is 348 g/mol. The second-order valence-electron chi connectivity index (χ2n) is 5.78. The van der Waals surface area contributed by atoms with Crippen LogP contribution in [0, 0.1) is 6.92 Å². The molecule has 0 amide bonds. The molecule has 0 aromatic heterocycles. The van der Waals surface area contributed by atoms with Gasteiger partial charge in [0.15, 0.2) is 0 Å². The quantitative estimate of drug-likeness (QED) is 0.717. The van der Waals surface area contributed by atoms with Crippen LogP contribution in [0.25, 0.3) is 0 Å². The molecule has 2 atom stereocenters. The van der Waals surface area contributed by atoms with E-state index in [2.05, 4.69) is 10.0 Å². The van der Waals surface area contributed by atoms with E-state index < -0.39 is 16.1 Å². The van der Waals surface area contributed by atoms with E-state index >= 15 is 0 Å². The van der Waals surface area contributed by atoms with Crippen LogP contribution in [0.4, 0.5) is 0 Å². The van der Waals surface area contributed by atoms with Crippen molar-refractivity contribution in [1.29, 1.82) is 0 Å². The Morgan fingerprint density at radius 1 is 1.08 bits per heavy atom. The van der Waals surface area contributed by atoms with Crippen LogP contribution >= 0.6 is 0 Å². The summed E-state index contributed by atoms with van der Waals surface area (Å²) in [5.41, 5.74) is 2.93. The lowest BCUT2D eigenvalue weighted by molar-refractivity contribution is 0.170. The highest BCUT2D eigenvalue weighted by Crippen LogP contribution is 2.19. The fraction of sp³-hybridized carbons (Fsp3) is 0.333. The lowest BCUT2D eigenvalue weighted by atomic mass is 10.0. The topological polar surface area (TPSA) is 78.4 Å². The van der Waals surface area contributed by atoms with Crippen LogP contribution in [-0.2, 0) is 10.0 Å². The van der Waals surface area contributed by atoms with Crippen molar-refractivity contribution in [3.8, 4) is 0 Å². The van der Waals surface area contributed by atoms with Gasteiger partial charge in [0.1, 0.15) is 0 Å². The summed E-state index contributed by atoms with van der Waals surface area (Å²) in [6.45, 7) is 4.37. The minimum atomic E-state index is -3.42. The third-order valence-corrected chi connectivity index (χ3v) is 5.55. The number of hydrogen-bond donors (Lipinski definition) is 3. The van der Waals surface area contributed by atoms with E-state index in [1.54, 1.807) is 24.3 Å². The molecule has 6 heteroatoms. The average Bonchev–Trinajstić information content (AvgIpc) is 2.60. The molecule has 0 aliphatic rings. The van der Waals surface area contributed by atoms with Gasteiger partial charge >= 0.3 is 0 Å². The van der Waals surface area contributed by atoms with Crippen LogP contribution in [0.15, 0.2) is 53.4 Å². The lowest BCUT2D eigenvalue weighted by Crippen LogP contribution is -2.25. The van der Waals surface area contributed by atoms with Gasteiger partial charge < -0.3 is 10.4 Å². The number of sulfonamides is 1. The number of nitrogens with one attached hydrogen (secondary N) is 2. The van der Waals surface area contributed by atoms with Gasteiger partial charge in [0, 0.05) is 12.6 Å². The molecule has 2 unspecified atom stereocenters. The van der Waals surface area contributed by atoms with Gasteiger partial charge in [-0.25, -0.2) is 13.1 Å². The molecule has 0 saturated heterocycles. The summed E-state index contributed by atoms with van der Waals surface area (Å²) in [5.74, 6) is 0. The first-order valence-electron chi connectivity index (χ1n) is 7.85. The first-order chi connectivity index (χ1) is 11.3. The summed E-state index contributed by atoms with van der Waals surface area (Å²) in [6, 6.07) is 14.5.